The van der Waals surface area contributed by atoms with Crippen LogP contribution in [0.1, 0.15) is 6.42 Å². The van der Waals surface area contributed by atoms with Gasteiger partial charge in [-0.15, -0.1) is 11.6 Å². The summed E-state index contributed by atoms with van der Waals surface area (Å²) in [6, 6.07) is 7.86. The molecule has 0 aliphatic rings. The minimum absolute atomic E-state index is 0.691. The normalized spacial score (nSPS) is 9.69. The molecule has 1 rings (SSSR count). The molecule has 0 saturated heterocycles. The van der Waals surface area contributed by atoms with Crippen LogP contribution >= 0.6 is 11.6 Å². The molecule has 0 unspecified atom stereocenters. The van der Waals surface area contributed by atoms with Gasteiger partial charge in [0.05, 0.1) is 7.11 Å². The molecule has 3 heteroatoms. The number of benzene rings is 1. The van der Waals surface area contributed by atoms with E-state index < -0.39 is 0 Å². The lowest BCUT2D eigenvalue weighted by Crippen LogP contribution is -2.01. The van der Waals surface area contributed by atoms with E-state index in [0.717, 1.165) is 24.4 Å². The second kappa shape index (κ2) is 5.70. The summed E-state index contributed by atoms with van der Waals surface area (Å²) in [6.45, 7) is 0.899. The zero-order chi connectivity index (χ0) is 9.52. The fourth-order valence-corrected chi connectivity index (χ4v) is 1.17. The van der Waals surface area contributed by atoms with Gasteiger partial charge in [0, 0.05) is 24.2 Å². The minimum Gasteiger partial charge on any atom is -0.497 e. The number of alkyl halides is 1. The van der Waals surface area contributed by atoms with E-state index in [-0.39, 0.29) is 0 Å². The van der Waals surface area contributed by atoms with Crippen molar-refractivity contribution in [1.29, 1.82) is 0 Å². The van der Waals surface area contributed by atoms with Crippen LogP contribution in [0.15, 0.2) is 24.3 Å². The zero-order valence-corrected chi connectivity index (χ0v) is 8.47. The highest BCUT2D eigenvalue weighted by atomic mass is 35.5. The first kappa shape index (κ1) is 10.2. The molecular weight excluding hydrogens is 186 g/mol. The van der Waals surface area contributed by atoms with Crippen molar-refractivity contribution in [3.05, 3.63) is 24.3 Å². The average Bonchev–Trinajstić information content (AvgIpc) is 2.19. The molecule has 0 bridgehead atoms. The summed E-state index contributed by atoms with van der Waals surface area (Å²) in [5.41, 5.74) is 1.07. The van der Waals surface area contributed by atoms with Crippen LogP contribution in [-0.2, 0) is 0 Å². The van der Waals surface area contributed by atoms with E-state index >= 15 is 0 Å². The van der Waals surface area contributed by atoms with Crippen LogP contribution in [-0.4, -0.2) is 19.5 Å². The van der Waals surface area contributed by atoms with Gasteiger partial charge in [0.1, 0.15) is 5.75 Å². The summed E-state index contributed by atoms with van der Waals surface area (Å²) < 4.78 is 5.10. The molecule has 1 aromatic rings. The fourth-order valence-electron chi connectivity index (χ4n) is 1.03. The highest BCUT2D eigenvalue weighted by Gasteiger charge is 1.93. The first-order valence-corrected chi connectivity index (χ1v) is 4.84. The summed E-state index contributed by atoms with van der Waals surface area (Å²) >= 11 is 5.56. The van der Waals surface area contributed by atoms with Gasteiger partial charge in [0.25, 0.3) is 0 Å². The van der Waals surface area contributed by atoms with Crippen molar-refractivity contribution in [2.75, 3.05) is 24.9 Å². The SMILES string of the molecule is COc1cccc(NCCCCl)c1. The molecule has 13 heavy (non-hydrogen) atoms. The number of hydrogen-bond acceptors (Lipinski definition) is 2. The molecule has 0 aliphatic heterocycles. The van der Waals surface area contributed by atoms with E-state index in [1.807, 2.05) is 24.3 Å². The standard InChI is InChI=1S/C10H14ClNO/c1-13-10-5-2-4-9(8-10)12-7-3-6-11/h2,4-5,8,12H,3,6-7H2,1H3. The van der Waals surface area contributed by atoms with Crippen molar-refractivity contribution in [3.63, 3.8) is 0 Å². The Morgan fingerprint density at radius 3 is 3.00 bits per heavy atom. The Morgan fingerprint density at radius 1 is 1.46 bits per heavy atom. The molecule has 0 heterocycles. The van der Waals surface area contributed by atoms with Gasteiger partial charge in [-0.05, 0) is 18.6 Å². The van der Waals surface area contributed by atoms with Crippen molar-refractivity contribution in [2.45, 2.75) is 6.42 Å². The van der Waals surface area contributed by atoms with E-state index in [2.05, 4.69) is 5.32 Å². The third-order valence-corrected chi connectivity index (χ3v) is 1.98. The van der Waals surface area contributed by atoms with E-state index in [1.165, 1.54) is 0 Å². The molecule has 0 fully saturated rings. The molecule has 0 spiro atoms. The molecule has 1 aromatic carbocycles. The number of nitrogens with one attached hydrogen (secondary N) is 1. The van der Waals surface area contributed by atoms with Crippen molar-refractivity contribution in [1.82, 2.24) is 0 Å². The van der Waals surface area contributed by atoms with E-state index in [4.69, 9.17) is 16.3 Å². The van der Waals surface area contributed by atoms with Crippen molar-refractivity contribution >= 4 is 17.3 Å². The average molecular weight is 200 g/mol. The van der Waals surface area contributed by atoms with Gasteiger partial charge in [0.2, 0.25) is 0 Å². The van der Waals surface area contributed by atoms with Gasteiger partial charge in [0.15, 0.2) is 0 Å². The molecule has 0 radical (unpaired) electrons. The highest BCUT2D eigenvalue weighted by Crippen LogP contribution is 2.16. The van der Waals surface area contributed by atoms with E-state index in [9.17, 15) is 0 Å². The first-order valence-electron chi connectivity index (χ1n) is 4.30. The summed E-state index contributed by atoms with van der Waals surface area (Å²) in [6.07, 6.45) is 0.971. The van der Waals surface area contributed by atoms with Gasteiger partial charge < -0.3 is 10.1 Å². The van der Waals surface area contributed by atoms with Crippen molar-refractivity contribution in [3.8, 4) is 5.75 Å². The quantitative estimate of drug-likeness (QED) is 0.582. The third-order valence-electron chi connectivity index (χ3n) is 1.71. The molecule has 0 saturated carbocycles. The summed E-state index contributed by atoms with van der Waals surface area (Å²) in [4.78, 5) is 0. The Morgan fingerprint density at radius 2 is 2.31 bits per heavy atom. The van der Waals surface area contributed by atoms with Crippen molar-refractivity contribution in [2.24, 2.45) is 0 Å². The van der Waals surface area contributed by atoms with Gasteiger partial charge in [-0.25, -0.2) is 0 Å². The fraction of sp³-hybridized carbons (Fsp3) is 0.400. The Labute approximate surface area is 83.9 Å². The zero-order valence-electron chi connectivity index (χ0n) is 7.72. The van der Waals surface area contributed by atoms with Crippen LogP contribution in [0, 0.1) is 0 Å². The van der Waals surface area contributed by atoms with E-state index in [1.54, 1.807) is 7.11 Å². The van der Waals surface area contributed by atoms with Gasteiger partial charge >= 0.3 is 0 Å². The van der Waals surface area contributed by atoms with Crippen LogP contribution in [0.2, 0.25) is 0 Å². The molecule has 0 amide bonds. The van der Waals surface area contributed by atoms with Gasteiger partial charge in [-0.1, -0.05) is 6.07 Å². The van der Waals surface area contributed by atoms with Crippen LogP contribution < -0.4 is 10.1 Å². The second-order valence-electron chi connectivity index (χ2n) is 2.70. The first-order chi connectivity index (χ1) is 6.36. The summed E-state index contributed by atoms with van der Waals surface area (Å²) in [7, 11) is 1.66. The maximum absolute atomic E-state index is 5.56. The number of rotatable bonds is 5. The maximum atomic E-state index is 5.56. The Kier molecular flexibility index (Phi) is 4.47. The largest absolute Gasteiger partial charge is 0.497 e. The number of hydrogen-bond donors (Lipinski definition) is 1. The number of halogens is 1. The highest BCUT2D eigenvalue weighted by molar-refractivity contribution is 6.17. The van der Waals surface area contributed by atoms with E-state index in [0.29, 0.717) is 5.88 Å². The molecule has 0 aliphatic carbocycles. The Hall–Kier alpha value is -0.890. The smallest absolute Gasteiger partial charge is 0.120 e. The van der Waals surface area contributed by atoms with Crippen molar-refractivity contribution < 1.29 is 4.74 Å². The molecule has 1 N–H and O–H groups in total. The summed E-state index contributed by atoms with van der Waals surface area (Å²) in [5, 5.41) is 3.26. The number of anilines is 1. The summed E-state index contributed by atoms with van der Waals surface area (Å²) in [5.74, 6) is 1.56. The topological polar surface area (TPSA) is 21.3 Å². The molecule has 2 nitrogen and oxygen atoms in total. The lowest BCUT2D eigenvalue weighted by molar-refractivity contribution is 0.415. The second-order valence-corrected chi connectivity index (χ2v) is 3.08. The van der Waals surface area contributed by atoms with Gasteiger partial charge in [-0.2, -0.15) is 0 Å². The molecular formula is C10H14ClNO. The molecule has 72 valence electrons. The number of ether oxygens (including phenoxy) is 1. The van der Waals surface area contributed by atoms with Crippen LogP contribution in [0.4, 0.5) is 5.69 Å². The number of methoxy groups -OCH3 is 1. The van der Waals surface area contributed by atoms with Crippen LogP contribution in [0.5, 0.6) is 5.75 Å². The Bertz CT molecular complexity index is 252. The molecule has 0 aromatic heterocycles. The maximum Gasteiger partial charge on any atom is 0.120 e. The predicted octanol–water partition coefficient (Wildman–Crippen LogP) is 2.74. The monoisotopic (exact) mass is 199 g/mol. The van der Waals surface area contributed by atoms with Crippen LogP contribution in [0.25, 0.3) is 0 Å². The molecule has 0 atom stereocenters. The lowest BCUT2D eigenvalue weighted by atomic mass is 10.3. The Balaban J connectivity index is 2.46. The minimum atomic E-state index is 0.691. The van der Waals surface area contributed by atoms with Gasteiger partial charge in [-0.3, -0.25) is 0 Å². The predicted molar refractivity (Wildman–Crippen MR) is 56.8 cm³/mol. The van der Waals surface area contributed by atoms with Crippen LogP contribution in [0.3, 0.4) is 0 Å². The lowest BCUT2D eigenvalue weighted by Gasteiger charge is -2.06. The third kappa shape index (κ3) is 3.55.